The second-order valence-corrected chi connectivity index (χ2v) is 8.13. The molecule has 0 aliphatic carbocycles. The predicted molar refractivity (Wildman–Crippen MR) is 117 cm³/mol. The maximum atomic E-state index is 10.9. The number of hydrogen-bond acceptors (Lipinski definition) is 7. The van der Waals surface area contributed by atoms with E-state index in [1.54, 1.807) is 6.20 Å². The molecule has 3 heterocycles. The van der Waals surface area contributed by atoms with Crippen LogP contribution in [0.1, 0.15) is 12.0 Å². The van der Waals surface area contributed by atoms with Crippen molar-refractivity contribution in [1.29, 1.82) is 0 Å². The molecule has 7 heteroatoms. The predicted octanol–water partition coefficient (Wildman–Crippen LogP) is 1.52. The van der Waals surface area contributed by atoms with E-state index in [1.165, 1.54) is 5.56 Å². The van der Waals surface area contributed by atoms with Gasteiger partial charge in [-0.05, 0) is 36.2 Å². The van der Waals surface area contributed by atoms with Gasteiger partial charge >= 0.3 is 0 Å². The Balaban J connectivity index is 1.16. The van der Waals surface area contributed by atoms with Gasteiger partial charge in [0.15, 0.2) is 0 Å². The maximum Gasteiger partial charge on any atom is 0.128 e. The molecule has 2 saturated heterocycles. The van der Waals surface area contributed by atoms with E-state index in [4.69, 9.17) is 9.47 Å². The van der Waals surface area contributed by atoms with Crippen LogP contribution in [0, 0.1) is 0 Å². The first kappa shape index (κ1) is 21.1. The number of β-amino-alcohol motifs (C(OH)–C–C–N with tert-alkyl or cyclic N) is 1. The van der Waals surface area contributed by atoms with Crippen LogP contribution in [0.3, 0.4) is 0 Å². The van der Waals surface area contributed by atoms with Crippen LogP contribution < -0.4 is 15.0 Å². The molecule has 4 rings (SSSR count). The average Bonchev–Trinajstić information content (AvgIpc) is 3.18. The highest BCUT2D eigenvalue weighted by Gasteiger charge is 2.36. The molecule has 1 atom stereocenters. The third-order valence-corrected chi connectivity index (χ3v) is 5.79. The van der Waals surface area contributed by atoms with Crippen LogP contribution in [-0.2, 0) is 11.3 Å². The van der Waals surface area contributed by atoms with E-state index in [1.807, 2.05) is 30.3 Å². The molecule has 0 unspecified atom stereocenters. The van der Waals surface area contributed by atoms with Crippen LogP contribution in [0.5, 0.6) is 5.75 Å². The topological polar surface area (TPSA) is 70.1 Å². The highest BCUT2D eigenvalue weighted by atomic mass is 16.5. The van der Waals surface area contributed by atoms with Crippen molar-refractivity contribution in [2.75, 3.05) is 64.0 Å². The smallest absolute Gasteiger partial charge is 0.128 e. The second-order valence-electron chi connectivity index (χ2n) is 8.13. The van der Waals surface area contributed by atoms with E-state index in [2.05, 4.69) is 32.2 Å². The summed E-state index contributed by atoms with van der Waals surface area (Å²) in [6, 6.07) is 14.1. The van der Waals surface area contributed by atoms with Crippen molar-refractivity contribution in [1.82, 2.24) is 15.2 Å². The van der Waals surface area contributed by atoms with Crippen molar-refractivity contribution in [3.63, 3.8) is 0 Å². The molecule has 162 valence electrons. The highest BCUT2D eigenvalue weighted by molar-refractivity contribution is 5.40. The Morgan fingerprint density at radius 2 is 1.93 bits per heavy atom. The molecule has 2 aromatic rings. The molecule has 7 nitrogen and oxygen atoms in total. The molecule has 30 heavy (non-hydrogen) atoms. The highest BCUT2D eigenvalue weighted by Crippen LogP contribution is 2.25. The summed E-state index contributed by atoms with van der Waals surface area (Å²) in [5.74, 6) is 1.82. The molecule has 0 amide bonds. The maximum absolute atomic E-state index is 10.9. The van der Waals surface area contributed by atoms with Gasteiger partial charge in [0.25, 0.3) is 0 Å². The SMILES string of the molecule is O[C@@]1(CNCc2ccc(OCCN3CCOCC3)cc2)CCN(c2ccccn2)C1. The summed E-state index contributed by atoms with van der Waals surface area (Å²) >= 11 is 0. The first-order chi connectivity index (χ1) is 14.7. The summed E-state index contributed by atoms with van der Waals surface area (Å²) in [6.07, 6.45) is 2.54. The van der Waals surface area contributed by atoms with E-state index in [-0.39, 0.29) is 0 Å². The summed E-state index contributed by atoms with van der Waals surface area (Å²) in [6.45, 7) is 7.95. The molecule has 0 bridgehead atoms. The van der Waals surface area contributed by atoms with Gasteiger partial charge in [0.05, 0.1) is 18.8 Å². The summed E-state index contributed by atoms with van der Waals surface area (Å²) in [5.41, 5.74) is 0.457. The molecule has 1 aromatic carbocycles. The Hall–Kier alpha value is -2.19. The van der Waals surface area contributed by atoms with Crippen molar-refractivity contribution >= 4 is 5.82 Å². The number of anilines is 1. The van der Waals surface area contributed by atoms with Gasteiger partial charge in [-0.2, -0.15) is 0 Å². The molecule has 2 aliphatic rings. The molecule has 2 fully saturated rings. The van der Waals surface area contributed by atoms with Crippen molar-refractivity contribution in [3.05, 3.63) is 54.2 Å². The second kappa shape index (κ2) is 10.2. The van der Waals surface area contributed by atoms with Gasteiger partial charge in [0, 0.05) is 52.0 Å². The van der Waals surface area contributed by atoms with Gasteiger partial charge in [-0.25, -0.2) is 4.98 Å². The van der Waals surface area contributed by atoms with Gasteiger partial charge in [0.2, 0.25) is 0 Å². The number of ether oxygens (including phenoxy) is 2. The van der Waals surface area contributed by atoms with Crippen LogP contribution >= 0.6 is 0 Å². The van der Waals surface area contributed by atoms with E-state index in [0.29, 0.717) is 19.7 Å². The molecule has 1 aromatic heterocycles. The zero-order valence-electron chi connectivity index (χ0n) is 17.5. The first-order valence-corrected chi connectivity index (χ1v) is 10.8. The van der Waals surface area contributed by atoms with Crippen LogP contribution in [-0.4, -0.2) is 79.7 Å². The lowest BCUT2D eigenvalue weighted by molar-refractivity contribution is 0.0322. The minimum Gasteiger partial charge on any atom is -0.492 e. The molecule has 2 N–H and O–H groups in total. The standard InChI is InChI=1S/C23H32N4O3/c28-23(8-10-27(19-23)22-3-1-2-9-25-22)18-24-17-20-4-6-21(7-5-20)30-16-13-26-11-14-29-15-12-26/h1-7,9,24,28H,8,10-19H2/t23-/m1/s1. The van der Waals surface area contributed by atoms with Gasteiger partial charge in [-0.15, -0.1) is 0 Å². The Kier molecular flexibility index (Phi) is 7.17. The zero-order chi connectivity index (χ0) is 20.7. The lowest BCUT2D eigenvalue weighted by atomic mass is 10.0. The molecule has 0 saturated carbocycles. The summed E-state index contributed by atoms with van der Waals surface area (Å²) in [5, 5.41) is 14.3. The normalized spacial score (nSPS) is 22.4. The number of morpholine rings is 1. The van der Waals surface area contributed by atoms with Gasteiger partial charge in [-0.1, -0.05) is 18.2 Å². The van der Waals surface area contributed by atoms with Gasteiger partial charge < -0.3 is 24.8 Å². The zero-order valence-corrected chi connectivity index (χ0v) is 17.5. The monoisotopic (exact) mass is 412 g/mol. The van der Waals surface area contributed by atoms with Crippen LogP contribution in [0.2, 0.25) is 0 Å². The van der Waals surface area contributed by atoms with E-state index < -0.39 is 5.60 Å². The molecular weight excluding hydrogens is 380 g/mol. The van der Waals surface area contributed by atoms with E-state index in [0.717, 1.165) is 63.9 Å². The Labute approximate surface area is 178 Å². The Bertz CT molecular complexity index is 768. The average molecular weight is 413 g/mol. The van der Waals surface area contributed by atoms with Crippen molar-refractivity contribution in [2.24, 2.45) is 0 Å². The summed E-state index contributed by atoms with van der Waals surface area (Å²) in [7, 11) is 0. The van der Waals surface area contributed by atoms with Crippen LogP contribution in [0.25, 0.3) is 0 Å². The fourth-order valence-electron chi connectivity index (χ4n) is 4.00. The number of nitrogens with zero attached hydrogens (tertiary/aromatic N) is 3. The fraction of sp³-hybridized carbons (Fsp3) is 0.522. The molecular formula is C23H32N4O3. The molecule has 0 spiro atoms. The Morgan fingerprint density at radius 1 is 1.10 bits per heavy atom. The first-order valence-electron chi connectivity index (χ1n) is 10.8. The quantitative estimate of drug-likeness (QED) is 0.647. The number of aromatic nitrogens is 1. The van der Waals surface area contributed by atoms with Crippen molar-refractivity contribution < 1.29 is 14.6 Å². The summed E-state index contributed by atoms with van der Waals surface area (Å²) in [4.78, 5) is 8.89. The number of pyridine rings is 1. The molecule has 0 radical (unpaired) electrons. The third-order valence-electron chi connectivity index (χ3n) is 5.79. The minimum absolute atomic E-state index is 0.564. The van der Waals surface area contributed by atoms with Crippen molar-refractivity contribution in [2.45, 2.75) is 18.6 Å². The van der Waals surface area contributed by atoms with E-state index >= 15 is 0 Å². The van der Waals surface area contributed by atoms with Crippen LogP contribution in [0.15, 0.2) is 48.7 Å². The number of benzene rings is 1. The number of rotatable bonds is 9. The minimum atomic E-state index is -0.722. The largest absolute Gasteiger partial charge is 0.492 e. The number of nitrogens with one attached hydrogen (secondary N) is 1. The van der Waals surface area contributed by atoms with Crippen LogP contribution in [0.4, 0.5) is 5.82 Å². The lowest BCUT2D eigenvalue weighted by Crippen LogP contribution is -2.43. The number of hydrogen-bond donors (Lipinski definition) is 2. The number of aliphatic hydroxyl groups is 1. The van der Waals surface area contributed by atoms with E-state index in [9.17, 15) is 5.11 Å². The third kappa shape index (κ3) is 5.92. The van der Waals surface area contributed by atoms with Gasteiger partial charge in [0.1, 0.15) is 18.2 Å². The fourth-order valence-corrected chi connectivity index (χ4v) is 4.00. The molecule has 2 aliphatic heterocycles. The Morgan fingerprint density at radius 3 is 2.70 bits per heavy atom. The van der Waals surface area contributed by atoms with Crippen molar-refractivity contribution in [3.8, 4) is 5.75 Å². The lowest BCUT2D eigenvalue weighted by Gasteiger charge is -2.26. The summed E-state index contributed by atoms with van der Waals surface area (Å²) < 4.78 is 11.2. The van der Waals surface area contributed by atoms with Gasteiger partial charge in [-0.3, -0.25) is 4.90 Å².